The number of benzene rings is 1. The smallest absolute Gasteiger partial charge is 0.326 e. The van der Waals surface area contributed by atoms with Crippen molar-refractivity contribution >= 4 is 23.4 Å². The van der Waals surface area contributed by atoms with E-state index in [2.05, 4.69) is 35.9 Å². The number of hydrogen-bond donors (Lipinski definition) is 1. The van der Waals surface area contributed by atoms with Crippen LogP contribution in [-0.4, -0.2) is 46.3 Å². The molecule has 2 aliphatic heterocycles. The van der Waals surface area contributed by atoms with Crippen molar-refractivity contribution in [1.82, 2.24) is 14.5 Å². The van der Waals surface area contributed by atoms with Gasteiger partial charge < -0.3 is 9.72 Å². The van der Waals surface area contributed by atoms with Crippen molar-refractivity contribution in [3.8, 4) is 0 Å². The topological polar surface area (TPSA) is 50.3 Å². The number of piperidine rings is 1. The van der Waals surface area contributed by atoms with Gasteiger partial charge in [0.05, 0.1) is 11.0 Å². The van der Waals surface area contributed by atoms with E-state index in [0.717, 1.165) is 63.0 Å². The van der Waals surface area contributed by atoms with Gasteiger partial charge in [0.25, 0.3) is 0 Å². The maximum Gasteiger partial charge on any atom is 0.326 e. The predicted molar refractivity (Wildman–Crippen MR) is 112 cm³/mol. The van der Waals surface area contributed by atoms with Crippen LogP contribution in [0.4, 0.5) is 0 Å². The summed E-state index contributed by atoms with van der Waals surface area (Å²) in [5.74, 6) is 0. The summed E-state index contributed by atoms with van der Waals surface area (Å²) in [7, 11) is 0. The lowest BCUT2D eigenvalue weighted by molar-refractivity contribution is -0.0459. The molecular weight excluding hydrogens is 362 g/mol. The first-order valence-corrected chi connectivity index (χ1v) is 10.2. The van der Waals surface area contributed by atoms with Gasteiger partial charge in [-0.2, -0.15) is 0 Å². The summed E-state index contributed by atoms with van der Waals surface area (Å²) in [5, 5.41) is 0. The first-order chi connectivity index (χ1) is 12.6. The number of fused-ring (bicyclic) bond motifs is 1. The summed E-state index contributed by atoms with van der Waals surface area (Å²) in [6.07, 6.45) is 6.88. The number of aromatic nitrogens is 2. The molecule has 0 radical (unpaired) electrons. The van der Waals surface area contributed by atoms with Gasteiger partial charge in [-0.05, 0) is 56.7 Å². The largest absolute Gasteiger partial charge is 0.381 e. The van der Waals surface area contributed by atoms with Gasteiger partial charge >= 0.3 is 5.69 Å². The summed E-state index contributed by atoms with van der Waals surface area (Å²) in [6, 6.07) is 6.52. The average molecular weight is 394 g/mol. The van der Waals surface area contributed by atoms with E-state index < -0.39 is 0 Å². The maximum atomic E-state index is 12.6. The van der Waals surface area contributed by atoms with Crippen LogP contribution in [0, 0.1) is 6.92 Å². The summed E-state index contributed by atoms with van der Waals surface area (Å²) < 4.78 is 7.65. The molecule has 2 aromatic rings. The second-order valence-electron chi connectivity index (χ2n) is 8.13. The van der Waals surface area contributed by atoms with Crippen LogP contribution in [0.25, 0.3) is 11.0 Å². The molecule has 5 nitrogen and oxygen atoms in total. The van der Waals surface area contributed by atoms with Crippen LogP contribution < -0.4 is 5.69 Å². The lowest BCUT2D eigenvalue weighted by atomic mass is 9.82. The summed E-state index contributed by atoms with van der Waals surface area (Å²) in [6.45, 7) is 8.31. The molecule has 0 amide bonds. The zero-order chi connectivity index (χ0) is 18.1. The molecule has 0 atom stereocenters. The van der Waals surface area contributed by atoms with E-state index in [-0.39, 0.29) is 18.1 Å². The number of halogens is 1. The van der Waals surface area contributed by atoms with Crippen molar-refractivity contribution in [3.63, 3.8) is 0 Å². The van der Waals surface area contributed by atoms with E-state index in [1.165, 1.54) is 18.4 Å². The maximum absolute atomic E-state index is 12.6. The minimum Gasteiger partial charge on any atom is -0.381 e. The summed E-state index contributed by atoms with van der Waals surface area (Å²) >= 11 is 0. The first-order valence-electron chi connectivity index (χ1n) is 10.2. The Morgan fingerprint density at radius 3 is 2.59 bits per heavy atom. The quantitative estimate of drug-likeness (QED) is 0.852. The minimum absolute atomic E-state index is 0. The standard InChI is InChI=1S/C21H31N3O2.ClH/c1-3-8-21(9-13-26-14-10-21)23-11-6-17(7-12-23)24-19-15-16(2)4-5-18(19)22-20(24)25;/h4-5,15,17H,3,6-14H2,1-2H3,(H,22,25);1H. The monoisotopic (exact) mass is 393 g/mol. The molecule has 2 aliphatic rings. The predicted octanol–water partition coefficient (Wildman–Crippen LogP) is 4.05. The number of nitrogens with one attached hydrogen (secondary N) is 1. The van der Waals surface area contributed by atoms with Crippen LogP contribution >= 0.6 is 12.4 Å². The highest BCUT2D eigenvalue weighted by atomic mass is 35.5. The lowest BCUT2D eigenvalue weighted by Gasteiger charge is -2.49. The molecule has 6 heteroatoms. The van der Waals surface area contributed by atoms with Crippen LogP contribution in [0.1, 0.15) is 57.1 Å². The van der Waals surface area contributed by atoms with E-state index in [0.29, 0.717) is 11.6 Å². The molecule has 1 aromatic carbocycles. The number of rotatable bonds is 4. The Balaban J connectivity index is 0.00000210. The highest BCUT2D eigenvalue weighted by molar-refractivity contribution is 5.85. The zero-order valence-electron chi connectivity index (χ0n) is 16.5. The highest BCUT2D eigenvalue weighted by Gasteiger charge is 2.39. The Morgan fingerprint density at radius 1 is 1.22 bits per heavy atom. The third-order valence-corrected chi connectivity index (χ3v) is 6.51. The van der Waals surface area contributed by atoms with E-state index in [1.54, 1.807) is 0 Å². The van der Waals surface area contributed by atoms with Gasteiger partial charge in [-0.15, -0.1) is 12.4 Å². The summed E-state index contributed by atoms with van der Waals surface area (Å²) in [4.78, 5) is 18.3. The molecule has 1 N–H and O–H groups in total. The second-order valence-corrected chi connectivity index (χ2v) is 8.13. The molecule has 4 rings (SSSR count). The summed E-state index contributed by atoms with van der Waals surface area (Å²) in [5.41, 5.74) is 3.57. The molecule has 2 saturated heterocycles. The Labute approximate surface area is 167 Å². The fourth-order valence-corrected chi connectivity index (χ4v) is 5.13. The van der Waals surface area contributed by atoms with Gasteiger partial charge in [-0.1, -0.05) is 19.4 Å². The fourth-order valence-electron chi connectivity index (χ4n) is 5.13. The Morgan fingerprint density at radius 2 is 1.93 bits per heavy atom. The number of likely N-dealkylation sites (tertiary alicyclic amines) is 1. The van der Waals surface area contributed by atoms with Crippen LogP contribution in [0.5, 0.6) is 0 Å². The molecule has 150 valence electrons. The third-order valence-electron chi connectivity index (χ3n) is 6.51. The molecule has 0 unspecified atom stereocenters. The van der Waals surface area contributed by atoms with Crippen molar-refractivity contribution in [2.75, 3.05) is 26.3 Å². The molecule has 0 spiro atoms. The van der Waals surface area contributed by atoms with Gasteiger partial charge in [0, 0.05) is 37.9 Å². The van der Waals surface area contributed by atoms with Crippen molar-refractivity contribution in [2.24, 2.45) is 0 Å². The van der Waals surface area contributed by atoms with Crippen LogP contribution in [0.3, 0.4) is 0 Å². The SMILES string of the molecule is CCCC1(N2CCC(n3c(=O)[nH]c4ccc(C)cc43)CC2)CCOCC1.Cl. The number of hydrogen-bond acceptors (Lipinski definition) is 3. The second kappa shape index (κ2) is 8.38. The van der Waals surface area contributed by atoms with Gasteiger partial charge in [0.1, 0.15) is 0 Å². The normalized spacial score (nSPS) is 21.3. The molecular formula is C21H32ClN3O2. The number of aromatic amines is 1. The van der Waals surface area contributed by atoms with E-state index >= 15 is 0 Å². The molecule has 1 aromatic heterocycles. The average Bonchev–Trinajstić information content (AvgIpc) is 2.98. The van der Waals surface area contributed by atoms with Crippen LogP contribution in [0.15, 0.2) is 23.0 Å². The molecule has 2 fully saturated rings. The first kappa shape index (κ1) is 20.4. The van der Waals surface area contributed by atoms with Gasteiger partial charge in [-0.3, -0.25) is 9.47 Å². The van der Waals surface area contributed by atoms with Crippen LogP contribution in [0.2, 0.25) is 0 Å². The van der Waals surface area contributed by atoms with Crippen molar-refractivity contribution in [1.29, 1.82) is 0 Å². The molecule has 27 heavy (non-hydrogen) atoms. The number of ether oxygens (including phenoxy) is 1. The van der Waals surface area contributed by atoms with Gasteiger partial charge in [-0.25, -0.2) is 4.79 Å². The highest BCUT2D eigenvalue weighted by Crippen LogP contribution is 2.37. The fraction of sp³-hybridized carbons (Fsp3) is 0.667. The van der Waals surface area contributed by atoms with Crippen LogP contribution in [-0.2, 0) is 4.74 Å². The number of H-pyrrole nitrogens is 1. The Bertz CT molecular complexity index is 809. The number of nitrogens with zero attached hydrogens (tertiary/aromatic N) is 2. The number of imidazole rings is 1. The third kappa shape index (κ3) is 3.82. The molecule has 3 heterocycles. The van der Waals surface area contributed by atoms with E-state index in [1.807, 2.05) is 10.6 Å². The van der Waals surface area contributed by atoms with Gasteiger partial charge in [0.2, 0.25) is 0 Å². The molecule has 0 bridgehead atoms. The zero-order valence-corrected chi connectivity index (χ0v) is 17.3. The van der Waals surface area contributed by atoms with E-state index in [9.17, 15) is 4.79 Å². The Hall–Kier alpha value is -1.30. The minimum atomic E-state index is 0. The molecule has 0 aliphatic carbocycles. The van der Waals surface area contributed by atoms with Crippen molar-refractivity contribution in [3.05, 3.63) is 34.2 Å². The Kier molecular flexibility index (Phi) is 6.34. The van der Waals surface area contributed by atoms with Crippen molar-refractivity contribution < 1.29 is 4.74 Å². The van der Waals surface area contributed by atoms with E-state index in [4.69, 9.17) is 4.74 Å². The number of aryl methyl sites for hydroxylation is 1. The lowest BCUT2D eigenvalue weighted by Crippen LogP contribution is -2.55. The molecule has 0 saturated carbocycles. The van der Waals surface area contributed by atoms with Gasteiger partial charge in [0.15, 0.2) is 0 Å². The van der Waals surface area contributed by atoms with Crippen molar-refractivity contribution in [2.45, 2.75) is 64.0 Å².